The highest BCUT2D eigenvalue weighted by Gasteiger charge is 2.02. The molecule has 1 N–H and O–H groups in total. The van der Waals surface area contributed by atoms with Crippen LogP contribution in [0.3, 0.4) is 0 Å². The Morgan fingerprint density at radius 2 is 2.25 bits per heavy atom. The minimum absolute atomic E-state index is 0.222. The van der Waals surface area contributed by atoms with E-state index in [0.29, 0.717) is 16.5 Å². The van der Waals surface area contributed by atoms with Gasteiger partial charge in [-0.25, -0.2) is 5.10 Å². The predicted octanol–water partition coefficient (Wildman–Crippen LogP) is 0.0215. The Hall–Kier alpha value is -1.78. The first-order chi connectivity index (χ1) is 5.79. The van der Waals surface area contributed by atoms with Crippen LogP contribution in [0.1, 0.15) is 5.69 Å². The number of fused-ring (bicyclic) bond motifs is 1. The molecule has 12 heavy (non-hydrogen) atoms. The Morgan fingerprint density at radius 1 is 1.42 bits per heavy atom. The lowest BCUT2D eigenvalue weighted by Crippen LogP contribution is -2.09. The molecule has 0 saturated carbocycles. The van der Waals surface area contributed by atoms with Crippen LogP contribution in [0.5, 0.6) is 0 Å². The number of rotatable bonds is 0. The molecule has 5 nitrogen and oxygen atoms in total. The van der Waals surface area contributed by atoms with Crippen LogP contribution in [0.25, 0.3) is 10.8 Å². The predicted molar refractivity (Wildman–Crippen MR) is 42.7 cm³/mol. The number of aromatic amines is 1. The van der Waals surface area contributed by atoms with E-state index in [0.717, 1.165) is 0 Å². The average molecular weight is 162 g/mol. The van der Waals surface area contributed by atoms with Crippen molar-refractivity contribution in [1.82, 2.24) is 20.4 Å². The lowest BCUT2D eigenvalue weighted by Gasteiger charge is -1.95. The zero-order valence-electron chi connectivity index (χ0n) is 6.40. The number of hydrogen-bond acceptors (Lipinski definition) is 4. The van der Waals surface area contributed by atoms with Gasteiger partial charge in [-0.15, -0.1) is 0 Å². The SMILES string of the molecule is Cc1nncc2cn[nH]c(=O)c12. The fourth-order valence-corrected chi connectivity index (χ4v) is 1.11. The van der Waals surface area contributed by atoms with Crippen molar-refractivity contribution >= 4 is 10.8 Å². The maximum absolute atomic E-state index is 11.2. The van der Waals surface area contributed by atoms with Crippen molar-refractivity contribution in [2.24, 2.45) is 0 Å². The summed E-state index contributed by atoms with van der Waals surface area (Å²) in [5, 5.41) is 14.7. The Balaban J connectivity index is 3.07. The van der Waals surface area contributed by atoms with Gasteiger partial charge in [0.2, 0.25) is 0 Å². The fourth-order valence-electron chi connectivity index (χ4n) is 1.11. The average Bonchev–Trinajstić information content (AvgIpc) is 2.04. The number of nitrogens with one attached hydrogen (secondary N) is 1. The summed E-state index contributed by atoms with van der Waals surface area (Å²) in [6.07, 6.45) is 3.07. The largest absolute Gasteiger partial charge is 0.274 e. The van der Waals surface area contributed by atoms with Gasteiger partial charge in [-0.1, -0.05) is 0 Å². The van der Waals surface area contributed by atoms with Crippen molar-refractivity contribution in [1.29, 1.82) is 0 Å². The highest BCUT2D eigenvalue weighted by molar-refractivity contribution is 5.81. The maximum Gasteiger partial charge on any atom is 0.274 e. The molecule has 0 fully saturated rings. The number of nitrogens with zero attached hydrogens (tertiary/aromatic N) is 3. The summed E-state index contributed by atoms with van der Waals surface area (Å²) >= 11 is 0. The first-order valence-electron chi connectivity index (χ1n) is 3.45. The van der Waals surface area contributed by atoms with Crippen LogP contribution in [0, 0.1) is 6.92 Å². The molecule has 0 spiro atoms. The molecule has 2 aromatic heterocycles. The lowest BCUT2D eigenvalue weighted by molar-refractivity contribution is 0.966. The van der Waals surface area contributed by atoms with Crippen molar-refractivity contribution in [3.05, 3.63) is 28.4 Å². The number of aryl methyl sites for hydroxylation is 1. The number of aromatic nitrogens is 4. The monoisotopic (exact) mass is 162 g/mol. The van der Waals surface area contributed by atoms with E-state index in [4.69, 9.17) is 0 Å². The third-order valence-electron chi connectivity index (χ3n) is 1.65. The molecule has 0 amide bonds. The molecule has 0 bridgehead atoms. The van der Waals surface area contributed by atoms with E-state index in [1.54, 1.807) is 13.1 Å². The molecule has 0 saturated heterocycles. The Morgan fingerprint density at radius 3 is 3.00 bits per heavy atom. The van der Waals surface area contributed by atoms with E-state index in [1.165, 1.54) is 6.20 Å². The zero-order chi connectivity index (χ0) is 8.55. The molecule has 60 valence electrons. The topological polar surface area (TPSA) is 71.5 Å². The van der Waals surface area contributed by atoms with Crippen LogP contribution in [-0.4, -0.2) is 20.4 Å². The van der Waals surface area contributed by atoms with Crippen LogP contribution in [0.4, 0.5) is 0 Å². The second kappa shape index (κ2) is 2.37. The van der Waals surface area contributed by atoms with Gasteiger partial charge in [0.25, 0.3) is 5.56 Å². The first kappa shape index (κ1) is 6.90. The van der Waals surface area contributed by atoms with Crippen molar-refractivity contribution in [3.8, 4) is 0 Å². The minimum atomic E-state index is -0.222. The van der Waals surface area contributed by atoms with E-state index < -0.39 is 0 Å². The molecule has 2 aromatic rings. The maximum atomic E-state index is 11.2. The van der Waals surface area contributed by atoms with Gasteiger partial charge >= 0.3 is 0 Å². The van der Waals surface area contributed by atoms with Gasteiger partial charge < -0.3 is 0 Å². The Bertz CT molecular complexity index is 471. The highest BCUT2D eigenvalue weighted by atomic mass is 16.1. The summed E-state index contributed by atoms with van der Waals surface area (Å²) in [6.45, 7) is 1.74. The third-order valence-corrected chi connectivity index (χ3v) is 1.65. The quantitative estimate of drug-likeness (QED) is 0.592. The van der Waals surface area contributed by atoms with Crippen molar-refractivity contribution in [3.63, 3.8) is 0 Å². The van der Waals surface area contributed by atoms with E-state index in [9.17, 15) is 4.79 Å². The number of hydrogen-bond donors (Lipinski definition) is 1. The van der Waals surface area contributed by atoms with Crippen LogP contribution in [-0.2, 0) is 0 Å². The Labute approximate surface area is 67.5 Å². The summed E-state index contributed by atoms with van der Waals surface area (Å²) in [6, 6.07) is 0. The van der Waals surface area contributed by atoms with Gasteiger partial charge in [0.1, 0.15) is 0 Å². The van der Waals surface area contributed by atoms with Crippen LogP contribution in [0.15, 0.2) is 17.2 Å². The normalized spacial score (nSPS) is 10.4. The van der Waals surface area contributed by atoms with Gasteiger partial charge in [0.15, 0.2) is 0 Å². The van der Waals surface area contributed by atoms with Crippen molar-refractivity contribution < 1.29 is 0 Å². The van der Waals surface area contributed by atoms with Crippen LogP contribution >= 0.6 is 0 Å². The van der Waals surface area contributed by atoms with E-state index in [-0.39, 0.29) is 5.56 Å². The van der Waals surface area contributed by atoms with Crippen LogP contribution in [0.2, 0.25) is 0 Å². The standard InChI is InChI=1S/C7H6N4O/c1-4-6-5(2-8-10-4)3-9-11-7(6)12/h2-3H,1H3,(H,11,12). The second-order valence-corrected chi connectivity index (χ2v) is 2.46. The van der Waals surface area contributed by atoms with Gasteiger partial charge in [-0.2, -0.15) is 15.3 Å². The van der Waals surface area contributed by atoms with Crippen LogP contribution < -0.4 is 5.56 Å². The number of H-pyrrole nitrogens is 1. The van der Waals surface area contributed by atoms with E-state index in [2.05, 4.69) is 20.4 Å². The minimum Gasteiger partial charge on any atom is -0.267 e. The van der Waals surface area contributed by atoms with Crippen molar-refractivity contribution in [2.75, 3.05) is 0 Å². The lowest BCUT2D eigenvalue weighted by atomic mass is 10.2. The molecule has 5 heteroatoms. The molecule has 0 atom stereocenters. The van der Waals surface area contributed by atoms with E-state index in [1.807, 2.05) is 0 Å². The molecule has 0 aromatic carbocycles. The molecule has 0 aliphatic rings. The van der Waals surface area contributed by atoms with Gasteiger partial charge in [-0.3, -0.25) is 4.79 Å². The molecule has 2 heterocycles. The molecule has 2 rings (SSSR count). The highest BCUT2D eigenvalue weighted by Crippen LogP contribution is 2.06. The zero-order valence-corrected chi connectivity index (χ0v) is 6.40. The summed E-state index contributed by atoms with van der Waals surface area (Å²) < 4.78 is 0. The molecular weight excluding hydrogens is 156 g/mol. The van der Waals surface area contributed by atoms with Gasteiger partial charge in [-0.05, 0) is 6.92 Å². The summed E-state index contributed by atoms with van der Waals surface area (Å²) in [4.78, 5) is 11.2. The Kier molecular flexibility index (Phi) is 1.36. The summed E-state index contributed by atoms with van der Waals surface area (Å²) in [5.74, 6) is 0. The fraction of sp³-hybridized carbons (Fsp3) is 0.143. The molecular formula is C7H6N4O. The first-order valence-corrected chi connectivity index (χ1v) is 3.45. The second-order valence-electron chi connectivity index (χ2n) is 2.46. The van der Waals surface area contributed by atoms with Gasteiger partial charge in [0.05, 0.1) is 23.5 Å². The summed E-state index contributed by atoms with van der Waals surface area (Å²) in [5.41, 5.74) is 0.399. The van der Waals surface area contributed by atoms with Crippen molar-refractivity contribution in [2.45, 2.75) is 6.92 Å². The molecule has 0 unspecified atom stereocenters. The van der Waals surface area contributed by atoms with Gasteiger partial charge in [0, 0.05) is 5.39 Å². The molecule has 0 aliphatic heterocycles. The molecule has 0 aliphatic carbocycles. The van der Waals surface area contributed by atoms with E-state index >= 15 is 0 Å². The summed E-state index contributed by atoms with van der Waals surface area (Å²) in [7, 11) is 0. The third kappa shape index (κ3) is 0.868. The smallest absolute Gasteiger partial charge is 0.267 e. The molecule has 0 radical (unpaired) electrons.